The minimum atomic E-state index is 0.475. The van der Waals surface area contributed by atoms with Gasteiger partial charge in [0.1, 0.15) is 5.75 Å². The van der Waals surface area contributed by atoms with Crippen molar-refractivity contribution in [2.45, 2.75) is 19.9 Å². The molecule has 0 saturated carbocycles. The highest BCUT2D eigenvalue weighted by atomic mass is 16.3. The zero-order chi connectivity index (χ0) is 12.5. The fraction of sp³-hybridized carbons (Fsp3) is 0.600. The molecular formula is C15H22N2O. The van der Waals surface area contributed by atoms with Gasteiger partial charge in [0.15, 0.2) is 0 Å². The van der Waals surface area contributed by atoms with E-state index in [-0.39, 0.29) is 0 Å². The van der Waals surface area contributed by atoms with Gasteiger partial charge in [0.2, 0.25) is 0 Å². The van der Waals surface area contributed by atoms with Gasteiger partial charge in [-0.3, -0.25) is 4.90 Å². The van der Waals surface area contributed by atoms with E-state index in [2.05, 4.69) is 23.2 Å². The third kappa shape index (κ3) is 2.25. The van der Waals surface area contributed by atoms with E-state index in [1.807, 2.05) is 6.07 Å². The van der Waals surface area contributed by atoms with Crippen molar-refractivity contribution in [1.82, 2.24) is 10.2 Å². The number of nitrogens with one attached hydrogen (secondary N) is 1. The van der Waals surface area contributed by atoms with Crippen LogP contribution >= 0.6 is 0 Å². The van der Waals surface area contributed by atoms with Crippen LogP contribution in [0.25, 0.3) is 0 Å². The number of benzene rings is 1. The predicted molar refractivity (Wildman–Crippen MR) is 72.6 cm³/mol. The second-order valence-corrected chi connectivity index (χ2v) is 5.80. The average molecular weight is 246 g/mol. The fourth-order valence-corrected chi connectivity index (χ4v) is 3.24. The van der Waals surface area contributed by atoms with Gasteiger partial charge in [-0.05, 0) is 48.5 Å². The SMILES string of the molecule is C[C@@H]1CNC[C@H]1CN1CCc2c(O)cccc2C1. The Morgan fingerprint density at radius 2 is 2.28 bits per heavy atom. The smallest absolute Gasteiger partial charge is 0.119 e. The molecular weight excluding hydrogens is 224 g/mol. The van der Waals surface area contributed by atoms with Crippen molar-refractivity contribution in [2.75, 3.05) is 26.2 Å². The first kappa shape index (κ1) is 12.0. The van der Waals surface area contributed by atoms with Gasteiger partial charge in [-0.1, -0.05) is 19.1 Å². The van der Waals surface area contributed by atoms with Gasteiger partial charge in [0.25, 0.3) is 0 Å². The minimum absolute atomic E-state index is 0.475. The Hall–Kier alpha value is -1.06. The molecule has 0 spiro atoms. The Bertz CT molecular complexity index is 433. The zero-order valence-corrected chi connectivity index (χ0v) is 11.0. The quantitative estimate of drug-likeness (QED) is 0.832. The Morgan fingerprint density at radius 1 is 1.39 bits per heavy atom. The van der Waals surface area contributed by atoms with E-state index < -0.39 is 0 Å². The van der Waals surface area contributed by atoms with Crippen LogP contribution in [0.5, 0.6) is 5.75 Å². The first-order chi connectivity index (χ1) is 8.74. The summed E-state index contributed by atoms with van der Waals surface area (Å²) in [5, 5.41) is 13.3. The van der Waals surface area contributed by atoms with Crippen molar-refractivity contribution in [3.05, 3.63) is 29.3 Å². The van der Waals surface area contributed by atoms with Crippen molar-refractivity contribution < 1.29 is 5.11 Å². The van der Waals surface area contributed by atoms with Gasteiger partial charge in [-0.2, -0.15) is 0 Å². The topological polar surface area (TPSA) is 35.5 Å². The van der Waals surface area contributed by atoms with Gasteiger partial charge in [-0.15, -0.1) is 0 Å². The lowest BCUT2D eigenvalue weighted by Crippen LogP contribution is -2.36. The molecule has 3 heteroatoms. The molecule has 1 aromatic rings. The van der Waals surface area contributed by atoms with Crippen LogP contribution < -0.4 is 5.32 Å². The molecule has 3 nitrogen and oxygen atoms in total. The molecule has 1 aromatic carbocycles. The molecule has 0 unspecified atom stereocenters. The van der Waals surface area contributed by atoms with Crippen LogP contribution in [0.15, 0.2) is 18.2 Å². The molecule has 98 valence electrons. The van der Waals surface area contributed by atoms with Gasteiger partial charge >= 0.3 is 0 Å². The standard InChI is InChI=1S/C15H22N2O/c1-11-7-16-8-13(11)10-17-6-5-14-12(9-17)3-2-4-15(14)18/h2-4,11,13,16,18H,5-10H2,1H3/t11-,13+/m1/s1. The summed E-state index contributed by atoms with van der Waals surface area (Å²) in [4.78, 5) is 2.54. The van der Waals surface area contributed by atoms with Gasteiger partial charge in [0, 0.05) is 19.6 Å². The number of hydrogen-bond acceptors (Lipinski definition) is 3. The molecule has 0 amide bonds. The first-order valence-corrected chi connectivity index (χ1v) is 6.97. The van der Waals surface area contributed by atoms with E-state index in [0.29, 0.717) is 5.75 Å². The molecule has 2 atom stereocenters. The van der Waals surface area contributed by atoms with Gasteiger partial charge in [0.05, 0.1) is 0 Å². The Balaban J connectivity index is 1.68. The maximum Gasteiger partial charge on any atom is 0.119 e. The van der Waals surface area contributed by atoms with E-state index >= 15 is 0 Å². The summed E-state index contributed by atoms with van der Waals surface area (Å²) in [6, 6.07) is 5.91. The van der Waals surface area contributed by atoms with Crippen molar-refractivity contribution in [3.8, 4) is 5.75 Å². The number of aromatic hydroxyl groups is 1. The summed E-state index contributed by atoms with van der Waals surface area (Å²) in [6.45, 7) is 7.92. The van der Waals surface area contributed by atoms with Crippen LogP contribution in [0, 0.1) is 11.8 Å². The van der Waals surface area contributed by atoms with Crippen LogP contribution in [0.2, 0.25) is 0 Å². The van der Waals surface area contributed by atoms with Gasteiger partial charge < -0.3 is 10.4 Å². The molecule has 2 aliphatic heterocycles. The molecule has 2 aliphatic rings. The number of fused-ring (bicyclic) bond motifs is 1. The van der Waals surface area contributed by atoms with Crippen molar-refractivity contribution >= 4 is 0 Å². The second-order valence-electron chi connectivity index (χ2n) is 5.80. The molecule has 18 heavy (non-hydrogen) atoms. The molecule has 0 bridgehead atoms. The number of phenols is 1. The Labute approximate surface area is 109 Å². The largest absolute Gasteiger partial charge is 0.508 e. The molecule has 2 heterocycles. The third-order valence-electron chi connectivity index (χ3n) is 4.49. The van der Waals surface area contributed by atoms with Crippen LogP contribution in [-0.2, 0) is 13.0 Å². The molecule has 0 radical (unpaired) electrons. The van der Waals surface area contributed by atoms with Crippen molar-refractivity contribution in [3.63, 3.8) is 0 Å². The van der Waals surface area contributed by atoms with Crippen LogP contribution in [0.3, 0.4) is 0 Å². The van der Waals surface area contributed by atoms with E-state index in [1.54, 1.807) is 6.07 Å². The highest BCUT2D eigenvalue weighted by Gasteiger charge is 2.27. The summed E-state index contributed by atoms with van der Waals surface area (Å²) in [6.07, 6.45) is 0.983. The van der Waals surface area contributed by atoms with Crippen LogP contribution in [0.1, 0.15) is 18.1 Å². The summed E-state index contributed by atoms with van der Waals surface area (Å²) < 4.78 is 0. The lowest BCUT2D eigenvalue weighted by Gasteiger charge is -2.32. The molecule has 1 fully saturated rings. The van der Waals surface area contributed by atoms with Crippen LogP contribution in [0.4, 0.5) is 0 Å². The third-order valence-corrected chi connectivity index (χ3v) is 4.49. The predicted octanol–water partition coefficient (Wildman–Crippen LogP) is 1.61. The normalized spacial score (nSPS) is 28.3. The monoisotopic (exact) mass is 246 g/mol. The number of nitrogens with zero attached hydrogens (tertiary/aromatic N) is 1. The van der Waals surface area contributed by atoms with E-state index in [0.717, 1.165) is 50.0 Å². The van der Waals surface area contributed by atoms with E-state index in [9.17, 15) is 5.11 Å². The number of phenolic OH excluding ortho intramolecular Hbond substituents is 1. The summed E-state index contributed by atoms with van der Waals surface area (Å²) in [7, 11) is 0. The van der Waals surface area contributed by atoms with Crippen molar-refractivity contribution in [1.29, 1.82) is 0 Å². The molecule has 1 saturated heterocycles. The van der Waals surface area contributed by atoms with Gasteiger partial charge in [-0.25, -0.2) is 0 Å². The lowest BCUT2D eigenvalue weighted by molar-refractivity contribution is 0.201. The van der Waals surface area contributed by atoms with Crippen LogP contribution in [-0.4, -0.2) is 36.2 Å². The molecule has 0 aromatic heterocycles. The minimum Gasteiger partial charge on any atom is -0.508 e. The van der Waals surface area contributed by atoms with E-state index in [1.165, 1.54) is 12.1 Å². The second kappa shape index (κ2) is 4.90. The van der Waals surface area contributed by atoms with Crippen molar-refractivity contribution in [2.24, 2.45) is 11.8 Å². The Kier molecular flexibility index (Phi) is 3.27. The fourth-order valence-electron chi connectivity index (χ4n) is 3.24. The Morgan fingerprint density at radius 3 is 3.06 bits per heavy atom. The summed E-state index contributed by atoms with van der Waals surface area (Å²) in [5.74, 6) is 2.04. The highest BCUT2D eigenvalue weighted by molar-refractivity contribution is 5.40. The van der Waals surface area contributed by atoms with E-state index in [4.69, 9.17) is 0 Å². The maximum atomic E-state index is 9.84. The highest BCUT2D eigenvalue weighted by Crippen LogP contribution is 2.28. The molecule has 2 N–H and O–H groups in total. The summed E-state index contributed by atoms with van der Waals surface area (Å²) in [5.41, 5.74) is 2.46. The maximum absolute atomic E-state index is 9.84. The summed E-state index contributed by atoms with van der Waals surface area (Å²) >= 11 is 0. The average Bonchev–Trinajstić information content (AvgIpc) is 2.75. The lowest BCUT2D eigenvalue weighted by atomic mass is 9.94. The number of hydrogen-bond donors (Lipinski definition) is 2. The molecule has 0 aliphatic carbocycles. The number of rotatable bonds is 2. The molecule has 3 rings (SSSR count). The first-order valence-electron chi connectivity index (χ1n) is 6.97. The zero-order valence-electron chi connectivity index (χ0n) is 11.0.